The highest BCUT2D eigenvalue weighted by Gasteiger charge is 2.30. The zero-order chi connectivity index (χ0) is 17.1. The summed E-state index contributed by atoms with van der Waals surface area (Å²) >= 11 is 0. The van der Waals surface area contributed by atoms with Gasteiger partial charge in [0.15, 0.2) is 11.9 Å². The Bertz CT molecular complexity index is 707. The van der Waals surface area contributed by atoms with E-state index in [0.717, 1.165) is 31.9 Å². The quantitative estimate of drug-likeness (QED) is 0.756. The minimum atomic E-state index is -0.173. The summed E-state index contributed by atoms with van der Waals surface area (Å²) in [5.74, 6) is 1.36. The van der Waals surface area contributed by atoms with E-state index in [4.69, 9.17) is 4.52 Å². The number of amides is 1. The topological polar surface area (TPSA) is 83.0 Å². The van der Waals surface area contributed by atoms with E-state index in [9.17, 15) is 9.90 Å². The Kier molecular flexibility index (Phi) is 4.71. The standard InChI is InChI=1S/C17H22N4O3/c1-12-11-16(19-24-12)18-17(23)13(2)20-7-9-21(10-8-20)14-5-3-4-6-15(14)22/h3-6,11,13,22H,7-10H2,1-2H3,(H,18,19,23)/p+1/t13-/m0/s1. The molecule has 7 nitrogen and oxygen atoms in total. The third kappa shape index (κ3) is 3.51. The number of quaternary nitrogens is 1. The molecule has 0 saturated carbocycles. The van der Waals surface area contributed by atoms with Crippen LogP contribution in [-0.2, 0) is 4.79 Å². The minimum absolute atomic E-state index is 0.0608. The molecule has 1 aliphatic rings. The first-order valence-electron chi connectivity index (χ1n) is 8.16. The molecular formula is C17H23N4O3+. The first-order chi connectivity index (χ1) is 11.5. The van der Waals surface area contributed by atoms with Crippen molar-refractivity contribution in [3.63, 3.8) is 0 Å². The third-order valence-electron chi connectivity index (χ3n) is 4.51. The number of hydrogen-bond acceptors (Lipinski definition) is 5. The molecule has 1 fully saturated rings. The molecule has 0 aliphatic carbocycles. The smallest absolute Gasteiger partial charge is 0.283 e. The number of aromatic hydroxyl groups is 1. The van der Waals surface area contributed by atoms with Gasteiger partial charge in [0.1, 0.15) is 11.5 Å². The van der Waals surface area contributed by atoms with Gasteiger partial charge < -0.3 is 24.7 Å². The van der Waals surface area contributed by atoms with Crippen LogP contribution in [0.2, 0.25) is 0 Å². The number of carbonyl (C=O) groups excluding carboxylic acids is 1. The number of aryl methyl sites for hydroxylation is 1. The Morgan fingerprint density at radius 1 is 1.38 bits per heavy atom. The monoisotopic (exact) mass is 331 g/mol. The van der Waals surface area contributed by atoms with Crippen LogP contribution < -0.4 is 15.1 Å². The maximum absolute atomic E-state index is 12.4. The minimum Gasteiger partial charge on any atom is -0.506 e. The number of carbonyl (C=O) groups is 1. The van der Waals surface area contributed by atoms with Crippen LogP contribution in [0.3, 0.4) is 0 Å². The number of anilines is 2. The Morgan fingerprint density at radius 2 is 2.08 bits per heavy atom. The number of nitrogens with one attached hydrogen (secondary N) is 2. The molecule has 24 heavy (non-hydrogen) atoms. The highest BCUT2D eigenvalue weighted by atomic mass is 16.5. The molecule has 1 aromatic carbocycles. The van der Waals surface area contributed by atoms with Gasteiger partial charge in [0.25, 0.3) is 5.91 Å². The van der Waals surface area contributed by atoms with E-state index in [2.05, 4.69) is 15.4 Å². The van der Waals surface area contributed by atoms with Gasteiger partial charge in [-0.1, -0.05) is 17.3 Å². The van der Waals surface area contributed by atoms with E-state index >= 15 is 0 Å². The van der Waals surface area contributed by atoms with Crippen molar-refractivity contribution in [3.05, 3.63) is 36.1 Å². The van der Waals surface area contributed by atoms with Gasteiger partial charge in [-0.05, 0) is 26.0 Å². The van der Waals surface area contributed by atoms with Crippen molar-refractivity contribution in [2.24, 2.45) is 0 Å². The second-order valence-corrected chi connectivity index (χ2v) is 6.17. The van der Waals surface area contributed by atoms with Crippen LogP contribution in [0.25, 0.3) is 0 Å². The predicted molar refractivity (Wildman–Crippen MR) is 90.3 cm³/mol. The maximum Gasteiger partial charge on any atom is 0.283 e. The van der Waals surface area contributed by atoms with Gasteiger partial charge in [0, 0.05) is 6.07 Å². The average Bonchev–Trinajstić information content (AvgIpc) is 2.99. The lowest BCUT2D eigenvalue weighted by molar-refractivity contribution is -0.914. The van der Waals surface area contributed by atoms with Crippen LogP contribution in [0.5, 0.6) is 5.75 Å². The van der Waals surface area contributed by atoms with Crippen molar-refractivity contribution in [2.45, 2.75) is 19.9 Å². The Labute approximate surface area is 140 Å². The van der Waals surface area contributed by atoms with Crippen LogP contribution in [0, 0.1) is 6.92 Å². The molecule has 1 aromatic heterocycles. The van der Waals surface area contributed by atoms with Crippen LogP contribution in [0.15, 0.2) is 34.9 Å². The normalized spacial score (nSPS) is 16.8. The molecule has 3 N–H and O–H groups in total. The molecule has 7 heteroatoms. The van der Waals surface area contributed by atoms with Crippen molar-refractivity contribution < 1.29 is 19.3 Å². The van der Waals surface area contributed by atoms with Crippen molar-refractivity contribution >= 4 is 17.4 Å². The number of phenols is 1. The van der Waals surface area contributed by atoms with Crippen molar-refractivity contribution in [1.29, 1.82) is 0 Å². The number of hydrogen-bond donors (Lipinski definition) is 3. The molecule has 0 radical (unpaired) electrons. The SMILES string of the molecule is Cc1cc(NC(=O)[C@H](C)[NH+]2CCN(c3ccccc3O)CC2)no1. The van der Waals surface area contributed by atoms with E-state index in [1.54, 1.807) is 19.1 Å². The zero-order valence-corrected chi connectivity index (χ0v) is 14.0. The molecule has 2 aromatic rings. The van der Waals surface area contributed by atoms with Gasteiger partial charge >= 0.3 is 0 Å². The highest BCUT2D eigenvalue weighted by Crippen LogP contribution is 2.26. The largest absolute Gasteiger partial charge is 0.506 e. The van der Waals surface area contributed by atoms with Crippen molar-refractivity contribution in [1.82, 2.24) is 5.16 Å². The maximum atomic E-state index is 12.4. The summed E-state index contributed by atoms with van der Waals surface area (Å²) in [6.45, 7) is 6.98. The van der Waals surface area contributed by atoms with Crippen LogP contribution >= 0.6 is 0 Å². The Morgan fingerprint density at radius 3 is 2.71 bits per heavy atom. The molecule has 1 amide bonds. The Balaban J connectivity index is 1.56. The predicted octanol–water partition coefficient (Wildman–Crippen LogP) is 0.421. The molecule has 0 unspecified atom stereocenters. The van der Waals surface area contributed by atoms with Gasteiger partial charge in [0.05, 0.1) is 31.9 Å². The van der Waals surface area contributed by atoms with Gasteiger partial charge in [-0.15, -0.1) is 0 Å². The average molecular weight is 331 g/mol. The van der Waals surface area contributed by atoms with Gasteiger partial charge in [-0.2, -0.15) is 0 Å². The number of piperazine rings is 1. The number of aromatic nitrogens is 1. The van der Waals surface area contributed by atoms with Crippen LogP contribution in [0.4, 0.5) is 11.5 Å². The van der Waals surface area contributed by atoms with Crippen LogP contribution in [0.1, 0.15) is 12.7 Å². The molecule has 2 heterocycles. The number of rotatable bonds is 4. The third-order valence-corrected chi connectivity index (χ3v) is 4.51. The fourth-order valence-corrected chi connectivity index (χ4v) is 3.04. The van der Waals surface area contributed by atoms with Crippen molar-refractivity contribution in [2.75, 3.05) is 36.4 Å². The fraction of sp³-hybridized carbons (Fsp3) is 0.412. The van der Waals surface area contributed by atoms with E-state index < -0.39 is 0 Å². The molecule has 1 saturated heterocycles. The number of nitrogens with zero attached hydrogens (tertiary/aromatic N) is 2. The van der Waals surface area contributed by atoms with Gasteiger partial charge in [0.2, 0.25) is 0 Å². The summed E-state index contributed by atoms with van der Waals surface area (Å²) in [7, 11) is 0. The molecule has 1 atom stereocenters. The second kappa shape index (κ2) is 6.92. The molecule has 1 aliphatic heterocycles. The summed E-state index contributed by atoms with van der Waals surface area (Å²) < 4.78 is 4.96. The van der Waals surface area contributed by atoms with E-state index in [-0.39, 0.29) is 11.9 Å². The first-order valence-corrected chi connectivity index (χ1v) is 8.16. The van der Waals surface area contributed by atoms with Crippen LogP contribution in [-0.4, -0.2) is 48.4 Å². The summed E-state index contributed by atoms with van der Waals surface area (Å²) in [6, 6.07) is 8.89. The lowest BCUT2D eigenvalue weighted by Gasteiger charge is -2.36. The van der Waals surface area contributed by atoms with Gasteiger partial charge in [-0.25, -0.2) is 0 Å². The van der Waals surface area contributed by atoms with E-state index in [1.165, 1.54) is 4.90 Å². The summed E-state index contributed by atoms with van der Waals surface area (Å²) in [5.41, 5.74) is 0.853. The highest BCUT2D eigenvalue weighted by molar-refractivity contribution is 5.92. The lowest BCUT2D eigenvalue weighted by atomic mass is 10.2. The fourth-order valence-electron chi connectivity index (χ4n) is 3.04. The molecular weight excluding hydrogens is 308 g/mol. The van der Waals surface area contributed by atoms with Gasteiger partial charge in [-0.3, -0.25) is 4.79 Å². The Hall–Kier alpha value is -2.54. The zero-order valence-electron chi connectivity index (χ0n) is 14.0. The van der Waals surface area contributed by atoms with E-state index in [0.29, 0.717) is 17.3 Å². The summed E-state index contributed by atoms with van der Waals surface area (Å²) in [6.07, 6.45) is 0. The van der Waals surface area contributed by atoms with Crippen molar-refractivity contribution in [3.8, 4) is 5.75 Å². The number of phenolic OH excluding ortho intramolecular Hbond substituents is 1. The molecule has 128 valence electrons. The molecule has 0 bridgehead atoms. The summed E-state index contributed by atoms with van der Waals surface area (Å²) in [5, 5.41) is 16.5. The number of para-hydroxylation sites is 2. The lowest BCUT2D eigenvalue weighted by Crippen LogP contribution is -3.19. The summed E-state index contributed by atoms with van der Waals surface area (Å²) in [4.78, 5) is 15.7. The number of benzene rings is 1. The van der Waals surface area contributed by atoms with E-state index in [1.807, 2.05) is 25.1 Å². The first kappa shape index (κ1) is 16.3. The molecule has 0 spiro atoms. The molecule has 3 rings (SSSR count). The second-order valence-electron chi connectivity index (χ2n) is 6.17.